The highest BCUT2D eigenvalue weighted by Crippen LogP contribution is 2.21. The smallest absolute Gasteiger partial charge is 0.271 e. The molecule has 0 atom stereocenters. The predicted molar refractivity (Wildman–Crippen MR) is 78.7 cm³/mol. The van der Waals surface area contributed by atoms with Gasteiger partial charge in [-0.3, -0.25) is 4.79 Å². The van der Waals surface area contributed by atoms with Gasteiger partial charge in [-0.15, -0.1) is 0 Å². The first-order chi connectivity index (χ1) is 9.69. The molecule has 1 aromatic heterocycles. The molecule has 20 heavy (non-hydrogen) atoms. The zero-order chi connectivity index (χ0) is 14.5. The molecule has 0 bridgehead atoms. The second-order valence-electron chi connectivity index (χ2n) is 4.52. The third-order valence-corrected chi connectivity index (χ3v) is 3.07. The Morgan fingerprint density at radius 2 is 2.15 bits per heavy atom. The molecule has 5 heteroatoms. The molecule has 1 heterocycles. The van der Waals surface area contributed by atoms with Gasteiger partial charge in [0, 0.05) is 24.2 Å². The summed E-state index contributed by atoms with van der Waals surface area (Å²) in [5.41, 5.74) is 7.76. The van der Waals surface area contributed by atoms with E-state index in [4.69, 9.17) is 10.5 Å². The Morgan fingerprint density at radius 3 is 2.80 bits per heavy atom. The maximum Gasteiger partial charge on any atom is 0.271 e. The van der Waals surface area contributed by atoms with Crippen molar-refractivity contribution in [3.63, 3.8) is 0 Å². The van der Waals surface area contributed by atoms with Crippen LogP contribution in [0.15, 0.2) is 35.1 Å². The fourth-order valence-corrected chi connectivity index (χ4v) is 2.03. The molecular weight excluding hydrogens is 254 g/mol. The van der Waals surface area contributed by atoms with Gasteiger partial charge in [0.1, 0.15) is 5.75 Å². The van der Waals surface area contributed by atoms with Crippen LogP contribution in [0.4, 0.5) is 0 Å². The number of methoxy groups -OCH3 is 1. The van der Waals surface area contributed by atoms with Gasteiger partial charge in [0.05, 0.1) is 12.8 Å². The summed E-state index contributed by atoms with van der Waals surface area (Å²) in [6.07, 6.45) is 0.846. The summed E-state index contributed by atoms with van der Waals surface area (Å²) < 4.78 is 6.70. The van der Waals surface area contributed by atoms with Crippen LogP contribution >= 0.6 is 0 Å². The molecule has 0 aliphatic rings. The molecule has 0 unspecified atom stereocenters. The van der Waals surface area contributed by atoms with E-state index in [1.807, 2.05) is 31.2 Å². The van der Waals surface area contributed by atoms with Crippen LogP contribution in [0.25, 0.3) is 11.3 Å². The van der Waals surface area contributed by atoms with Crippen LogP contribution in [-0.2, 0) is 13.1 Å². The first-order valence-electron chi connectivity index (χ1n) is 6.65. The molecule has 2 aromatic rings. The van der Waals surface area contributed by atoms with E-state index >= 15 is 0 Å². The predicted octanol–water partition coefficient (Wildman–Crippen LogP) is 1.79. The van der Waals surface area contributed by atoms with Crippen molar-refractivity contribution in [1.29, 1.82) is 0 Å². The maximum absolute atomic E-state index is 12.1. The number of aromatic nitrogens is 2. The van der Waals surface area contributed by atoms with E-state index in [0.717, 1.165) is 23.4 Å². The Kier molecular flexibility index (Phi) is 4.53. The summed E-state index contributed by atoms with van der Waals surface area (Å²) >= 11 is 0. The van der Waals surface area contributed by atoms with Gasteiger partial charge in [-0.2, -0.15) is 5.10 Å². The summed E-state index contributed by atoms with van der Waals surface area (Å²) in [5.74, 6) is 0.756. The van der Waals surface area contributed by atoms with Crippen LogP contribution in [-0.4, -0.2) is 16.9 Å². The molecule has 1 aromatic carbocycles. The Bertz CT molecular complexity index is 650. The molecule has 2 N–H and O–H groups in total. The molecule has 0 aliphatic heterocycles. The first kappa shape index (κ1) is 14.3. The lowest BCUT2D eigenvalue weighted by molar-refractivity contribution is 0.415. The van der Waals surface area contributed by atoms with Crippen molar-refractivity contribution in [3.8, 4) is 17.0 Å². The van der Waals surface area contributed by atoms with E-state index in [2.05, 4.69) is 5.10 Å². The van der Waals surface area contributed by atoms with Crippen molar-refractivity contribution < 1.29 is 4.74 Å². The van der Waals surface area contributed by atoms with Gasteiger partial charge < -0.3 is 10.5 Å². The molecule has 0 saturated carbocycles. The summed E-state index contributed by atoms with van der Waals surface area (Å²) in [4.78, 5) is 12.1. The average molecular weight is 273 g/mol. The molecule has 106 valence electrons. The second kappa shape index (κ2) is 6.34. The minimum Gasteiger partial charge on any atom is -0.497 e. The van der Waals surface area contributed by atoms with Gasteiger partial charge in [-0.1, -0.05) is 19.1 Å². The molecular formula is C15H19N3O2. The third-order valence-electron chi connectivity index (χ3n) is 3.07. The van der Waals surface area contributed by atoms with Crippen LogP contribution < -0.4 is 16.0 Å². The Balaban J connectivity index is 2.55. The van der Waals surface area contributed by atoms with Gasteiger partial charge in [0.15, 0.2) is 0 Å². The fourth-order valence-electron chi connectivity index (χ4n) is 2.03. The summed E-state index contributed by atoms with van der Waals surface area (Å²) in [6, 6.07) is 9.35. The highest BCUT2D eigenvalue weighted by molar-refractivity contribution is 5.61. The van der Waals surface area contributed by atoms with Gasteiger partial charge >= 0.3 is 0 Å². The SMILES string of the molecule is CCCn1nc(-c2cccc(OC)c2)cc(CN)c1=O. The standard InChI is InChI=1S/C15H19N3O2/c1-3-7-18-15(19)12(10-16)9-14(17-18)11-5-4-6-13(8-11)20-2/h4-6,8-9H,3,7,10,16H2,1-2H3. The number of benzene rings is 1. The van der Waals surface area contributed by atoms with Crippen molar-refractivity contribution >= 4 is 0 Å². The van der Waals surface area contributed by atoms with Crippen LogP contribution in [0.5, 0.6) is 5.75 Å². The summed E-state index contributed by atoms with van der Waals surface area (Å²) in [7, 11) is 1.62. The van der Waals surface area contributed by atoms with E-state index in [9.17, 15) is 4.79 Å². The van der Waals surface area contributed by atoms with Crippen molar-refractivity contribution in [2.45, 2.75) is 26.4 Å². The Labute approximate surface area is 118 Å². The molecule has 5 nitrogen and oxygen atoms in total. The summed E-state index contributed by atoms with van der Waals surface area (Å²) in [5, 5.41) is 4.41. The van der Waals surface area contributed by atoms with E-state index < -0.39 is 0 Å². The van der Waals surface area contributed by atoms with Gasteiger partial charge in [-0.25, -0.2) is 4.68 Å². The lowest BCUT2D eigenvalue weighted by Gasteiger charge is -2.10. The summed E-state index contributed by atoms with van der Waals surface area (Å²) in [6.45, 7) is 2.81. The first-order valence-corrected chi connectivity index (χ1v) is 6.65. The molecule has 2 rings (SSSR count). The van der Waals surface area contributed by atoms with Crippen LogP contribution in [0.2, 0.25) is 0 Å². The number of nitrogens with two attached hydrogens (primary N) is 1. The highest BCUT2D eigenvalue weighted by atomic mass is 16.5. The fraction of sp³-hybridized carbons (Fsp3) is 0.333. The van der Waals surface area contributed by atoms with Crippen molar-refractivity contribution in [2.24, 2.45) is 5.73 Å². The molecule has 0 aliphatic carbocycles. The van der Waals surface area contributed by atoms with E-state index in [0.29, 0.717) is 12.1 Å². The van der Waals surface area contributed by atoms with E-state index in [1.54, 1.807) is 13.2 Å². The molecule has 0 amide bonds. The number of aryl methyl sites for hydroxylation is 1. The van der Waals surface area contributed by atoms with Gasteiger partial charge in [-0.05, 0) is 24.6 Å². The van der Waals surface area contributed by atoms with E-state index in [-0.39, 0.29) is 12.1 Å². The van der Waals surface area contributed by atoms with Crippen molar-refractivity contribution in [1.82, 2.24) is 9.78 Å². The van der Waals surface area contributed by atoms with Crippen molar-refractivity contribution in [3.05, 3.63) is 46.2 Å². The Morgan fingerprint density at radius 1 is 1.35 bits per heavy atom. The number of nitrogens with zero attached hydrogens (tertiary/aromatic N) is 2. The lowest BCUT2D eigenvalue weighted by atomic mass is 10.1. The minimum absolute atomic E-state index is 0.110. The lowest BCUT2D eigenvalue weighted by Crippen LogP contribution is -2.28. The molecule has 0 fully saturated rings. The van der Waals surface area contributed by atoms with Crippen LogP contribution in [0.1, 0.15) is 18.9 Å². The normalized spacial score (nSPS) is 10.6. The van der Waals surface area contributed by atoms with Crippen LogP contribution in [0, 0.1) is 0 Å². The molecule has 0 spiro atoms. The van der Waals surface area contributed by atoms with Crippen molar-refractivity contribution in [2.75, 3.05) is 7.11 Å². The molecule has 0 radical (unpaired) electrons. The van der Waals surface area contributed by atoms with Crippen LogP contribution in [0.3, 0.4) is 0 Å². The number of hydrogen-bond acceptors (Lipinski definition) is 4. The monoisotopic (exact) mass is 273 g/mol. The second-order valence-corrected chi connectivity index (χ2v) is 4.52. The van der Waals surface area contributed by atoms with E-state index in [1.165, 1.54) is 4.68 Å². The quantitative estimate of drug-likeness (QED) is 0.901. The third kappa shape index (κ3) is 2.88. The zero-order valence-corrected chi connectivity index (χ0v) is 11.8. The highest BCUT2D eigenvalue weighted by Gasteiger charge is 2.09. The molecule has 0 saturated heterocycles. The number of rotatable bonds is 5. The number of ether oxygens (including phenoxy) is 1. The average Bonchev–Trinajstić information content (AvgIpc) is 2.49. The zero-order valence-electron chi connectivity index (χ0n) is 11.8. The Hall–Kier alpha value is -2.14. The van der Waals surface area contributed by atoms with Gasteiger partial charge in [0.2, 0.25) is 0 Å². The topological polar surface area (TPSA) is 70.1 Å². The number of hydrogen-bond donors (Lipinski definition) is 1. The minimum atomic E-state index is -0.110. The largest absolute Gasteiger partial charge is 0.497 e. The maximum atomic E-state index is 12.1. The van der Waals surface area contributed by atoms with Gasteiger partial charge in [0.25, 0.3) is 5.56 Å².